The second-order valence-corrected chi connectivity index (χ2v) is 5.71. The second kappa shape index (κ2) is 2.83. The van der Waals surface area contributed by atoms with Crippen LogP contribution < -0.4 is 5.32 Å². The molecule has 5 heteroatoms. The molecule has 0 unspecified atom stereocenters. The van der Waals surface area contributed by atoms with Crippen molar-refractivity contribution >= 4 is 15.6 Å². The van der Waals surface area contributed by atoms with Crippen LogP contribution in [0.4, 0.5) is 0 Å². The first-order valence-electron chi connectivity index (χ1n) is 4.25. The number of carbonyl (C=O) groups is 1. The van der Waals surface area contributed by atoms with E-state index >= 15 is 0 Å². The van der Waals surface area contributed by atoms with Gasteiger partial charge in [0, 0.05) is 18.2 Å². The monoisotopic (exact) mass is 201 g/mol. The molecule has 0 saturated carbocycles. The van der Waals surface area contributed by atoms with Crippen molar-refractivity contribution < 1.29 is 13.2 Å². The zero-order valence-corrected chi connectivity index (χ0v) is 7.93. The smallest absolute Gasteiger partial charge is 0.157 e. The Bertz CT molecular complexity index is 357. The maximum atomic E-state index is 10.8. The summed E-state index contributed by atoms with van der Waals surface area (Å²) in [6.07, 6.45) is 2.86. The molecule has 0 aromatic rings. The molecule has 0 spiro atoms. The van der Waals surface area contributed by atoms with Crippen LogP contribution in [0.5, 0.6) is 0 Å². The van der Waals surface area contributed by atoms with Gasteiger partial charge in [0.2, 0.25) is 0 Å². The van der Waals surface area contributed by atoms with Crippen molar-refractivity contribution in [2.24, 2.45) is 0 Å². The molecule has 13 heavy (non-hydrogen) atoms. The first-order valence-corrected chi connectivity index (χ1v) is 6.08. The van der Waals surface area contributed by atoms with Crippen molar-refractivity contribution in [3.05, 3.63) is 11.8 Å². The largest absolute Gasteiger partial charge is 0.383 e. The van der Waals surface area contributed by atoms with Crippen molar-refractivity contribution in [1.82, 2.24) is 5.32 Å². The lowest BCUT2D eigenvalue weighted by molar-refractivity contribution is -0.114. The van der Waals surface area contributed by atoms with Gasteiger partial charge in [-0.2, -0.15) is 0 Å². The normalized spacial score (nSPS) is 26.8. The van der Waals surface area contributed by atoms with Crippen LogP contribution >= 0.6 is 0 Å². The SMILES string of the molecule is O=C1C=C(NC2CS(=O)(=O)C2)CC1. The van der Waals surface area contributed by atoms with Crippen molar-refractivity contribution in [2.45, 2.75) is 18.9 Å². The van der Waals surface area contributed by atoms with Gasteiger partial charge >= 0.3 is 0 Å². The van der Waals surface area contributed by atoms with Crippen LogP contribution in [0, 0.1) is 0 Å². The van der Waals surface area contributed by atoms with E-state index in [2.05, 4.69) is 5.32 Å². The Morgan fingerprint density at radius 3 is 2.46 bits per heavy atom. The molecule has 1 heterocycles. The zero-order chi connectivity index (χ0) is 9.47. The Balaban J connectivity index is 1.88. The minimum absolute atomic E-state index is 0.0298. The summed E-state index contributed by atoms with van der Waals surface area (Å²) in [5.74, 6) is 0.543. The third-order valence-corrected chi connectivity index (χ3v) is 4.10. The van der Waals surface area contributed by atoms with Gasteiger partial charge in [0.05, 0.1) is 17.5 Å². The molecule has 0 radical (unpaired) electrons. The van der Waals surface area contributed by atoms with Gasteiger partial charge in [-0.15, -0.1) is 0 Å². The summed E-state index contributed by atoms with van der Waals surface area (Å²) in [7, 11) is -2.76. The van der Waals surface area contributed by atoms with Crippen molar-refractivity contribution in [2.75, 3.05) is 11.5 Å². The van der Waals surface area contributed by atoms with Crippen molar-refractivity contribution in [3.63, 3.8) is 0 Å². The molecule has 1 aliphatic heterocycles. The van der Waals surface area contributed by atoms with Gasteiger partial charge in [0.25, 0.3) is 0 Å². The van der Waals surface area contributed by atoms with Gasteiger partial charge in [-0.3, -0.25) is 4.79 Å². The minimum Gasteiger partial charge on any atom is -0.383 e. The van der Waals surface area contributed by atoms with Crippen molar-refractivity contribution in [3.8, 4) is 0 Å². The molecule has 72 valence electrons. The van der Waals surface area contributed by atoms with Gasteiger partial charge in [-0.1, -0.05) is 0 Å². The van der Waals surface area contributed by atoms with Crippen LogP contribution in [0.1, 0.15) is 12.8 Å². The Kier molecular flexibility index (Phi) is 1.91. The van der Waals surface area contributed by atoms with Gasteiger partial charge in [0.15, 0.2) is 15.6 Å². The third-order valence-electron chi connectivity index (χ3n) is 2.28. The fourth-order valence-corrected chi connectivity index (χ4v) is 2.92. The van der Waals surface area contributed by atoms with E-state index in [0.717, 1.165) is 12.1 Å². The molecule has 0 bridgehead atoms. The van der Waals surface area contributed by atoms with Gasteiger partial charge < -0.3 is 5.32 Å². The molecular formula is C8H11NO3S. The predicted molar refractivity (Wildman–Crippen MR) is 47.9 cm³/mol. The lowest BCUT2D eigenvalue weighted by Gasteiger charge is -2.27. The van der Waals surface area contributed by atoms with Gasteiger partial charge in [-0.25, -0.2) is 8.42 Å². The first kappa shape index (κ1) is 8.74. The summed E-state index contributed by atoms with van der Waals surface area (Å²) in [5.41, 5.74) is 0.893. The van der Waals surface area contributed by atoms with Crippen LogP contribution in [0.15, 0.2) is 11.8 Å². The standard InChI is InChI=1S/C8H11NO3S/c10-8-2-1-6(3-8)9-7-4-13(11,12)5-7/h3,7,9H,1-2,4-5H2. The average Bonchev–Trinajstić information content (AvgIpc) is 2.31. The highest BCUT2D eigenvalue weighted by atomic mass is 32.2. The average molecular weight is 201 g/mol. The van der Waals surface area contributed by atoms with E-state index in [4.69, 9.17) is 0 Å². The summed E-state index contributed by atoms with van der Waals surface area (Å²) in [6, 6.07) is 0.0298. The number of hydrogen-bond acceptors (Lipinski definition) is 4. The molecule has 1 saturated heterocycles. The number of sulfone groups is 1. The quantitative estimate of drug-likeness (QED) is 0.661. The highest BCUT2D eigenvalue weighted by molar-refractivity contribution is 7.92. The molecule has 2 rings (SSSR count). The summed E-state index contributed by atoms with van der Waals surface area (Å²) < 4.78 is 21.6. The van der Waals surface area contributed by atoms with Crippen molar-refractivity contribution in [1.29, 1.82) is 0 Å². The second-order valence-electron chi connectivity index (χ2n) is 3.55. The Labute approximate surface area is 76.9 Å². The van der Waals surface area contributed by atoms with E-state index in [1.807, 2.05) is 0 Å². The lowest BCUT2D eigenvalue weighted by atomic mass is 10.3. The number of rotatable bonds is 2. The summed E-state index contributed by atoms with van der Waals surface area (Å²) in [5, 5.41) is 3.06. The Hall–Kier alpha value is -0.840. The number of allylic oxidation sites excluding steroid dienone is 2. The molecule has 1 fully saturated rings. The predicted octanol–water partition coefficient (Wildman–Crippen LogP) is -0.380. The molecule has 2 aliphatic rings. The number of ketones is 1. The van der Waals surface area contributed by atoms with Crippen LogP contribution in [-0.4, -0.2) is 31.7 Å². The maximum Gasteiger partial charge on any atom is 0.157 e. The third kappa shape index (κ3) is 1.91. The van der Waals surface area contributed by atoms with Crippen LogP contribution in [0.2, 0.25) is 0 Å². The van der Waals surface area contributed by atoms with E-state index < -0.39 is 9.84 Å². The fourth-order valence-electron chi connectivity index (χ4n) is 1.62. The summed E-state index contributed by atoms with van der Waals surface area (Å²) in [4.78, 5) is 10.8. The molecule has 0 amide bonds. The highest BCUT2D eigenvalue weighted by Crippen LogP contribution is 2.17. The van der Waals surface area contributed by atoms with E-state index in [1.54, 1.807) is 6.08 Å². The molecular weight excluding hydrogens is 190 g/mol. The van der Waals surface area contributed by atoms with Gasteiger partial charge in [0.1, 0.15) is 0 Å². The molecule has 0 aromatic carbocycles. The summed E-state index contributed by atoms with van der Waals surface area (Å²) in [6.45, 7) is 0. The Morgan fingerprint density at radius 2 is 2.00 bits per heavy atom. The Morgan fingerprint density at radius 1 is 1.31 bits per heavy atom. The maximum absolute atomic E-state index is 10.8. The molecule has 1 aliphatic carbocycles. The number of hydrogen-bond donors (Lipinski definition) is 1. The molecule has 0 aromatic heterocycles. The molecule has 1 N–H and O–H groups in total. The molecule has 4 nitrogen and oxygen atoms in total. The van der Waals surface area contributed by atoms with Crippen LogP contribution in [0.3, 0.4) is 0 Å². The topological polar surface area (TPSA) is 63.2 Å². The fraction of sp³-hybridized carbons (Fsp3) is 0.625. The highest BCUT2D eigenvalue weighted by Gasteiger charge is 2.33. The van der Waals surface area contributed by atoms with E-state index in [0.29, 0.717) is 6.42 Å². The number of carbonyl (C=O) groups excluding carboxylic acids is 1. The van der Waals surface area contributed by atoms with Gasteiger partial charge in [-0.05, 0) is 6.42 Å². The van der Waals surface area contributed by atoms with E-state index in [1.165, 1.54) is 0 Å². The lowest BCUT2D eigenvalue weighted by Crippen LogP contribution is -2.50. The summed E-state index contributed by atoms with van der Waals surface area (Å²) >= 11 is 0. The number of nitrogens with one attached hydrogen (secondary N) is 1. The van der Waals surface area contributed by atoms with E-state index in [-0.39, 0.29) is 23.3 Å². The van der Waals surface area contributed by atoms with Crippen LogP contribution in [0.25, 0.3) is 0 Å². The van der Waals surface area contributed by atoms with E-state index in [9.17, 15) is 13.2 Å². The molecule has 0 atom stereocenters. The minimum atomic E-state index is -2.76. The zero-order valence-electron chi connectivity index (χ0n) is 7.12. The van der Waals surface area contributed by atoms with Crippen LogP contribution in [-0.2, 0) is 14.6 Å². The first-order chi connectivity index (χ1) is 6.05.